The van der Waals surface area contributed by atoms with Crippen molar-refractivity contribution in [3.05, 3.63) is 89.9 Å². The number of ketones is 1. The fourth-order valence-corrected chi connectivity index (χ4v) is 5.27. The van der Waals surface area contributed by atoms with Gasteiger partial charge in [-0.3, -0.25) is 9.78 Å². The van der Waals surface area contributed by atoms with Crippen LogP contribution in [-0.2, 0) is 6.42 Å². The van der Waals surface area contributed by atoms with Crippen LogP contribution in [-0.4, -0.2) is 43.8 Å². The van der Waals surface area contributed by atoms with Gasteiger partial charge in [-0.15, -0.1) is 5.10 Å². The van der Waals surface area contributed by atoms with Gasteiger partial charge in [0.1, 0.15) is 28.8 Å². The summed E-state index contributed by atoms with van der Waals surface area (Å²) >= 11 is 0. The Labute approximate surface area is 212 Å². The predicted octanol–water partition coefficient (Wildman–Crippen LogP) is 4.91. The third-order valence-electron chi connectivity index (χ3n) is 6.83. The number of hydrogen-bond donors (Lipinski definition) is 0. The molecule has 3 atom stereocenters. The first-order valence-electron chi connectivity index (χ1n) is 12.0. The summed E-state index contributed by atoms with van der Waals surface area (Å²) in [5.74, 6) is -2.71. The molecule has 1 aromatic carbocycles. The molecule has 190 valence electrons. The van der Waals surface area contributed by atoms with E-state index in [0.29, 0.717) is 5.56 Å². The largest absolute Gasteiger partial charge is 0.371 e. The van der Waals surface area contributed by atoms with E-state index in [2.05, 4.69) is 39.0 Å². The zero-order valence-electron chi connectivity index (χ0n) is 20.4. The van der Waals surface area contributed by atoms with Crippen molar-refractivity contribution in [2.75, 3.05) is 18.0 Å². The summed E-state index contributed by atoms with van der Waals surface area (Å²) in [7, 11) is 0. The van der Waals surface area contributed by atoms with Crippen LogP contribution in [0, 0.1) is 29.3 Å². The molecule has 1 fully saturated rings. The number of anilines is 1. The zero-order valence-corrected chi connectivity index (χ0v) is 20.4. The van der Waals surface area contributed by atoms with Gasteiger partial charge in [-0.05, 0) is 42.2 Å². The van der Waals surface area contributed by atoms with Crippen molar-refractivity contribution in [1.29, 1.82) is 0 Å². The summed E-state index contributed by atoms with van der Waals surface area (Å²) in [6, 6.07) is 7.52. The molecule has 0 amide bonds. The molecule has 0 aliphatic carbocycles. The van der Waals surface area contributed by atoms with Gasteiger partial charge in [0.05, 0.1) is 17.8 Å². The van der Waals surface area contributed by atoms with Crippen LogP contribution in [0.3, 0.4) is 0 Å². The maximum absolute atomic E-state index is 14.5. The number of piperidine rings is 1. The van der Waals surface area contributed by atoms with Gasteiger partial charge < -0.3 is 4.90 Å². The molecule has 37 heavy (non-hydrogen) atoms. The number of pyridine rings is 2. The fourth-order valence-electron chi connectivity index (χ4n) is 5.27. The molecule has 0 bridgehead atoms. The minimum absolute atomic E-state index is 0.0488. The summed E-state index contributed by atoms with van der Waals surface area (Å²) in [4.78, 5) is 23.7. The molecule has 0 radical (unpaired) electrons. The number of carbonyl (C=O) groups excluding carboxylic acids is 1. The van der Waals surface area contributed by atoms with Gasteiger partial charge in [0.25, 0.3) is 0 Å². The van der Waals surface area contributed by atoms with E-state index in [9.17, 15) is 18.0 Å². The Balaban J connectivity index is 1.40. The van der Waals surface area contributed by atoms with E-state index in [1.165, 1.54) is 12.1 Å². The molecule has 0 N–H and O–H groups in total. The Hall–Kier alpha value is -4.08. The van der Waals surface area contributed by atoms with Crippen LogP contribution >= 0.6 is 0 Å². The number of rotatable bonds is 6. The molecule has 7 nitrogen and oxygen atoms in total. The van der Waals surface area contributed by atoms with E-state index in [-0.39, 0.29) is 30.0 Å². The summed E-state index contributed by atoms with van der Waals surface area (Å²) in [5.41, 5.74) is 0.346. The van der Waals surface area contributed by atoms with Gasteiger partial charge in [-0.2, -0.15) is 0 Å². The van der Waals surface area contributed by atoms with Crippen LogP contribution in [0.2, 0.25) is 0 Å². The lowest BCUT2D eigenvalue weighted by Gasteiger charge is -2.42. The molecular formula is C27H25F3N6O. The van der Waals surface area contributed by atoms with Gasteiger partial charge in [-0.25, -0.2) is 22.8 Å². The SMILES string of the molecule is C[C@@H]1CN(c2ccncc2CC(=O)c2ccc(F)c(-c3c(F)cccc3F)n2)C[C@H](C)C1n1ccnn1. The Morgan fingerprint density at radius 3 is 2.38 bits per heavy atom. The van der Waals surface area contributed by atoms with Gasteiger partial charge >= 0.3 is 0 Å². The average molecular weight is 507 g/mol. The van der Waals surface area contributed by atoms with Crippen molar-refractivity contribution in [3.8, 4) is 11.3 Å². The van der Waals surface area contributed by atoms with Crippen molar-refractivity contribution >= 4 is 11.5 Å². The number of benzene rings is 1. The monoisotopic (exact) mass is 506 g/mol. The minimum Gasteiger partial charge on any atom is -0.371 e. The van der Waals surface area contributed by atoms with Gasteiger partial charge in [0.15, 0.2) is 5.78 Å². The van der Waals surface area contributed by atoms with Crippen molar-refractivity contribution in [2.45, 2.75) is 26.3 Å². The second-order valence-corrected chi connectivity index (χ2v) is 9.46. The highest BCUT2D eigenvalue weighted by atomic mass is 19.1. The molecule has 5 rings (SSSR count). The Bertz CT molecular complexity index is 1400. The maximum Gasteiger partial charge on any atom is 0.185 e. The highest BCUT2D eigenvalue weighted by molar-refractivity contribution is 5.97. The zero-order chi connectivity index (χ0) is 26.1. The first-order chi connectivity index (χ1) is 17.8. The molecular weight excluding hydrogens is 481 g/mol. The maximum atomic E-state index is 14.5. The highest BCUT2D eigenvalue weighted by Crippen LogP contribution is 2.35. The number of hydrogen-bond acceptors (Lipinski definition) is 6. The highest BCUT2D eigenvalue weighted by Gasteiger charge is 2.34. The molecule has 0 saturated carbocycles. The lowest BCUT2D eigenvalue weighted by Crippen LogP contribution is -2.46. The number of Topliss-reactive ketones (excluding diaryl/α,β-unsaturated/α-hetero) is 1. The molecule has 0 spiro atoms. The van der Waals surface area contributed by atoms with Crippen LogP contribution in [0.15, 0.2) is 61.2 Å². The molecule has 4 heterocycles. The smallest absolute Gasteiger partial charge is 0.185 e. The van der Waals surface area contributed by atoms with E-state index in [4.69, 9.17) is 0 Å². The third-order valence-corrected chi connectivity index (χ3v) is 6.83. The Morgan fingerprint density at radius 2 is 1.70 bits per heavy atom. The lowest BCUT2D eigenvalue weighted by molar-refractivity contribution is 0.0988. The van der Waals surface area contributed by atoms with Crippen molar-refractivity contribution in [1.82, 2.24) is 25.0 Å². The van der Waals surface area contributed by atoms with E-state index in [1.54, 1.807) is 18.6 Å². The van der Waals surface area contributed by atoms with E-state index in [1.807, 2.05) is 16.9 Å². The number of aromatic nitrogens is 5. The fraction of sp³-hybridized carbons (Fsp3) is 0.296. The first-order valence-corrected chi connectivity index (χ1v) is 12.0. The molecule has 3 aromatic heterocycles. The van der Waals surface area contributed by atoms with E-state index >= 15 is 0 Å². The van der Waals surface area contributed by atoms with E-state index < -0.39 is 34.5 Å². The van der Waals surface area contributed by atoms with Gasteiger partial charge in [0.2, 0.25) is 0 Å². The predicted molar refractivity (Wildman–Crippen MR) is 131 cm³/mol. The minimum atomic E-state index is -0.955. The Kier molecular flexibility index (Phi) is 6.73. The Morgan fingerprint density at radius 1 is 0.973 bits per heavy atom. The number of carbonyl (C=O) groups is 1. The van der Waals surface area contributed by atoms with Crippen molar-refractivity contribution in [2.24, 2.45) is 11.8 Å². The molecule has 1 aliphatic heterocycles. The average Bonchev–Trinajstić information content (AvgIpc) is 3.39. The molecule has 1 unspecified atom stereocenters. The van der Waals surface area contributed by atoms with Crippen LogP contribution in [0.4, 0.5) is 18.9 Å². The third kappa shape index (κ3) is 4.83. The topological polar surface area (TPSA) is 76.8 Å². The molecule has 1 saturated heterocycles. The molecule has 10 heteroatoms. The number of nitrogens with zero attached hydrogens (tertiary/aromatic N) is 6. The first kappa shape index (κ1) is 24.6. The second-order valence-electron chi connectivity index (χ2n) is 9.46. The lowest BCUT2D eigenvalue weighted by atomic mass is 9.85. The van der Waals surface area contributed by atoms with Crippen molar-refractivity contribution in [3.63, 3.8) is 0 Å². The summed E-state index contributed by atoms with van der Waals surface area (Å²) in [6.45, 7) is 5.80. The quantitative estimate of drug-likeness (QED) is 0.346. The summed E-state index contributed by atoms with van der Waals surface area (Å²) in [5, 5.41) is 8.13. The van der Waals surface area contributed by atoms with Gasteiger partial charge in [0, 0.05) is 49.4 Å². The second kappa shape index (κ2) is 10.1. The van der Waals surface area contributed by atoms with Crippen molar-refractivity contribution < 1.29 is 18.0 Å². The summed E-state index contributed by atoms with van der Waals surface area (Å²) < 4.78 is 45.0. The molecule has 1 aliphatic rings. The summed E-state index contributed by atoms with van der Waals surface area (Å²) in [6.07, 6.45) is 6.81. The van der Waals surface area contributed by atoms with Crippen LogP contribution in [0.5, 0.6) is 0 Å². The molecule has 4 aromatic rings. The number of halogens is 3. The van der Waals surface area contributed by atoms with Crippen LogP contribution in [0.1, 0.15) is 35.9 Å². The standard InChI is InChI=1S/C27H25F3N6O/c1-16-14-35(15-17(2)27(16)36-11-10-32-34-36)23-8-9-31-13-18(23)12-24(37)22-7-6-21(30)26(33-22)25-19(28)4-3-5-20(25)29/h3-11,13,16-17,27H,12,14-15H2,1-2H3/t16-,17+,27?. The van der Waals surface area contributed by atoms with E-state index in [0.717, 1.165) is 37.0 Å². The van der Waals surface area contributed by atoms with Crippen LogP contribution < -0.4 is 4.90 Å². The normalized spacial score (nSPS) is 19.7. The van der Waals surface area contributed by atoms with Gasteiger partial charge in [-0.1, -0.05) is 25.1 Å². The van der Waals surface area contributed by atoms with Crippen LogP contribution in [0.25, 0.3) is 11.3 Å².